The lowest BCUT2D eigenvalue weighted by molar-refractivity contribution is -0.142. The Labute approximate surface area is 384 Å². The first-order valence-electron chi connectivity index (χ1n) is 20.3. The molecule has 1 aliphatic rings. The van der Waals surface area contributed by atoms with Crippen LogP contribution >= 0.6 is 11.8 Å². The average Bonchev–Trinajstić information content (AvgIpc) is 3.23. The molecule has 2 rings (SSSR count). The van der Waals surface area contributed by atoms with Gasteiger partial charge in [-0.1, -0.05) is 12.1 Å². The van der Waals surface area contributed by atoms with E-state index in [-0.39, 0.29) is 12.2 Å². The molecule has 0 unspecified atom stereocenters. The van der Waals surface area contributed by atoms with Gasteiger partial charge in [-0.05, 0) is 43.9 Å². The standard InChI is InChI=1S/C39H53N9O18S/c1-17(49)32-39(66)41-15-27(51)43-21(6-9-28(52)53)34(61)47-26(33(40)60)16-67-20-5-3-4-19(12-20)13-24(42-18(2)50)37(64)46-25(14-31(58)59)38(65)45-22(7-10-29(54)55)35(62)44-23(36(63)48-32)8-11-30(56)57/h3-5,12,17,21-26,32,49H,6-11,13-16H2,1-2H3,(H2,40,60)(H,41,66)(H,42,50)(H,43,51)(H,44,62)(H,45,65)(H,46,64)(H,47,61)(H,48,63)(H,52,53)(H,54,55)(H,56,57)(H,58,59)/t17-,21-,22-,23-,24-,25-,26-,32-/m0/s1. The number of nitrogens with two attached hydrogens (primary N) is 1. The van der Waals surface area contributed by atoms with Gasteiger partial charge in [0.05, 0.1) is 19.1 Å². The quantitative estimate of drug-likeness (QED) is 0.0828. The molecule has 9 amide bonds. The number of carbonyl (C=O) groups excluding carboxylic acids is 9. The number of hydrogen-bond donors (Lipinski definition) is 14. The van der Waals surface area contributed by atoms with Gasteiger partial charge in [0.25, 0.3) is 0 Å². The minimum atomic E-state index is -1.99. The Balaban J connectivity index is 2.70. The van der Waals surface area contributed by atoms with Crippen LogP contribution in [-0.4, -0.2) is 163 Å². The van der Waals surface area contributed by atoms with E-state index in [9.17, 15) is 87.9 Å². The van der Waals surface area contributed by atoms with Gasteiger partial charge >= 0.3 is 23.9 Å². The van der Waals surface area contributed by atoms with E-state index in [0.717, 1.165) is 25.6 Å². The Morgan fingerprint density at radius 3 is 1.67 bits per heavy atom. The van der Waals surface area contributed by atoms with Gasteiger partial charge in [-0.3, -0.25) is 62.3 Å². The van der Waals surface area contributed by atoms with E-state index >= 15 is 0 Å². The van der Waals surface area contributed by atoms with Crippen LogP contribution in [0, 0.1) is 0 Å². The first kappa shape index (κ1) is 55.8. The number of rotatable bonds is 14. The minimum absolute atomic E-state index is 0.239. The molecule has 2 bridgehead atoms. The first-order valence-corrected chi connectivity index (χ1v) is 21.3. The summed E-state index contributed by atoms with van der Waals surface area (Å²) in [4.78, 5) is 166. The van der Waals surface area contributed by atoms with E-state index in [4.69, 9.17) is 5.73 Å². The molecule has 0 aliphatic carbocycles. The summed E-state index contributed by atoms with van der Waals surface area (Å²) in [7, 11) is 0. The number of aliphatic hydroxyl groups excluding tert-OH is 1. The zero-order valence-corrected chi connectivity index (χ0v) is 36.8. The van der Waals surface area contributed by atoms with Crippen molar-refractivity contribution in [1.82, 2.24) is 42.5 Å². The molecule has 0 aromatic heterocycles. The van der Waals surface area contributed by atoms with Crippen molar-refractivity contribution in [2.75, 3.05) is 12.3 Å². The fourth-order valence-corrected chi connectivity index (χ4v) is 7.11. The predicted octanol–water partition coefficient (Wildman–Crippen LogP) is -5.20. The number of fused-ring (bicyclic) bond motifs is 2. The number of nitrogens with one attached hydrogen (secondary N) is 8. The minimum Gasteiger partial charge on any atom is -0.481 e. The molecule has 15 N–H and O–H groups in total. The number of aliphatic carboxylic acids is 4. The van der Waals surface area contributed by atoms with Gasteiger partial charge in [-0.25, -0.2) is 0 Å². The lowest BCUT2D eigenvalue weighted by Crippen LogP contribution is -2.60. The fourth-order valence-electron chi connectivity index (χ4n) is 6.09. The molecule has 8 atom stereocenters. The fraction of sp³-hybridized carbons (Fsp3) is 0.513. The molecule has 368 valence electrons. The summed E-state index contributed by atoms with van der Waals surface area (Å²) in [6, 6.07) is -6.12. The number of carbonyl (C=O) groups is 13. The highest BCUT2D eigenvalue weighted by Gasteiger charge is 2.35. The second kappa shape index (κ2) is 27.2. The molecule has 1 aromatic carbocycles. The van der Waals surface area contributed by atoms with Crippen molar-refractivity contribution < 1.29 is 87.9 Å². The van der Waals surface area contributed by atoms with Crippen LogP contribution in [0.1, 0.15) is 64.4 Å². The Kier molecular flexibility index (Phi) is 22.6. The number of thioether (sulfide) groups is 1. The predicted molar refractivity (Wildman–Crippen MR) is 227 cm³/mol. The number of benzene rings is 1. The number of hydrogen-bond acceptors (Lipinski definition) is 15. The van der Waals surface area contributed by atoms with Crippen molar-refractivity contribution in [3.8, 4) is 0 Å². The third-order valence-corrected chi connectivity index (χ3v) is 10.6. The normalized spacial score (nSPS) is 23.6. The molecule has 1 heterocycles. The Morgan fingerprint density at radius 1 is 0.687 bits per heavy atom. The van der Waals surface area contributed by atoms with Crippen molar-refractivity contribution in [3.05, 3.63) is 29.8 Å². The molecule has 27 nitrogen and oxygen atoms in total. The molecule has 0 fully saturated rings. The summed E-state index contributed by atoms with van der Waals surface area (Å²) in [5, 5.41) is 65.7. The largest absolute Gasteiger partial charge is 0.481 e. The van der Waals surface area contributed by atoms with Crippen LogP contribution in [0.5, 0.6) is 0 Å². The van der Waals surface area contributed by atoms with Gasteiger partial charge in [-0.2, -0.15) is 0 Å². The highest BCUT2D eigenvalue weighted by Crippen LogP contribution is 2.21. The van der Waals surface area contributed by atoms with Crippen LogP contribution in [0.2, 0.25) is 0 Å². The summed E-state index contributed by atoms with van der Waals surface area (Å²) >= 11 is 0.974. The topological polar surface area (TPSA) is 445 Å². The van der Waals surface area contributed by atoms with Gasteiger partial charge in [-0.15, -0.1) is 11.8 Å². The van der Waals surface area contributed by atoms with Crippen LogP contribution in [-0.2, 0) is 68.7 Å². The molecular weight excluding hydrogens is 915 g/mol. The summed E-state index contributed by atoms with van der Waals surface area (Å²) in [5.41, 5.74) is 5.92. The molecule has 1 aliphatic heterocycles. The maximum atomic E-state index is 13.7. The molecule has 67 heavy (non-hydrogen) atoms. The van der Waals surface area contributed by atoms with E-state index in [2.05, 4.69) is 42.5 Å². The summed E-state index contributed by atoms with van der Waals surface area (Å²) in [6.45, 7) is 1.14. The highest BCUT2D eigenvalue weighted by atomic mass is 32.2. The van der Waals surface area contributed by atoms with Gasteiger partial charge in [0.15, 0.2) is 0 Å². The number of carboxylic acids is 4. The van der Waals surface area contributed by atoms with Crippen LogP contribution in [0.4, 0.5) is 0 Å². The first-order chi connectivity index (χ1) is 31.4. The second-order valence-corrected chi connectivity index (χ2v) is 16.1. The van der Waals surface area contributed by atoms with Gasteiger partial charge in [0.2, 0.25) is 53.2 Å². The van der Waals surface area contributed by atoms with Gasteiger partial charge < -0.3 is 73.8 Å². The smallest absolute Gasteiger partial charge is 0.305 e. The second-order valence-electron chi connectivity index (χ2n) is 15.0. The van der Waals surface area contributed by atoms with Crippen LogP contribution in [0.3, 0.4) is 0 Å². The Bertz CT molecular complexity index is 2070. The third kappa shape index (κ3) is 20.6. The van der Waals surface area contributed by atoms with Crippen molar-refractivity contribution in [2.45, 2.75) is 119 Å². The van der Waals surface area contributed by atoms with Crippen LogP contribution < -0.4 is 48.3 Å². The number of carboxylic acid groups (broad SMARTS) is 4. The zero-order chi connectivity index (χ0) is 50.5. The molecule has 0 spiro atoms. The Hall–Kier alpha value is -7.36. The molecule has 28 heteroatoms. The maximum Gasteiger partial charge on any atom is 0.305 e. The van der Waals surface area contributed by atoms with E-state index in [1.165, 1.54) is 18.2 Å². The third-order valence-electron chi connectivity index (χ3n) is 9.46. The lowest BCUT2D eigenvalue weighted by Gasteiger charge is -2.27. The van der Waals surface area contributed by atoms with E-state index in [0.29, 0.717) is 10.5 Å². The summed E-state index contributed by atoms with van der Waals surface area (Å²) < 4.78 is 0. The van der Waals surface area contributed by atoms with E-state index in [1.54, 1.807) is 6.07 Å². The Morgan fingerprint density at radius 2 is 1.18 bits per heavy atom. The molecular formula is C39H53N9O18S. The SMILES string of the molecule is CC(=O)N[C@H]1Cc2cccc(c2)SC[C@@H](C(N)=O)NC(=O)[C@H](CCC(=O)O)NC(=O)CNC(=O)[C@H]([C@H](C)O)NC(=O)[C@H](CCC(=O)O)NC(=O)[C@H](CCC(=O)O)NC(=O)[C@H](CC(=O)O)NC1=O. The number of aliphatic hydroxyl groups is 1. The van der Waals surface area contributed by atoms with E-state index < -0.39 is 177 Å². The van der Waals surface area contributed by atoms with Crippen LogP contribution in [0.25, 0.3) is 0 Å². The van der Waals surface area contributed by atoms with Gasteiger partial charge in [0.1, 0.15) is 42.3 Å². The maximum absolute atomic E-state index is 13.7. The molecule has 1 aromatic rings. The average molecular weight is 968 g/mol. The molecule has 0 saturated heterocycles. The summed E-state index contributed by atoms with van der Waals surface area (Å²) in [6.07, 6.45) is -7.37. The molecule has 0 saturated carbocycles. The lowest BCUT2D eigenvalue weighted by atomic mass is 10.0. The van der Waals surface area contributed by atoms with Crippen molar-refractivity contribution in [2.24, 2.45) is 5.73 Å². The van der Waals surface area contributed by atoms with Crippen LogP contribution in [0.15, 0.2) is 29.2 Å². The monoisotopic (exact) mass is 967 g/mol. The van der Waals surface area contributed by atoms with Crippen molar-refractivity contribution in [3.63, 3.8) is 0 Å². The van der Waals surface area contributed by atoms with Crippen molar-refractivity contribution in [1.29, 1.82) is 0 Å². The number of amides is 9. The number of primary amides is 1. The zero-order valence-electron chi connectivity index (χ0n) is 36.0. The highest BCUT2D eigenvalue weighted by molar-refractivity contribution is 7.99. The summed E-state index contributed by atoms with van der Waals surface area (Å²) in [5.74, 6) is -16.4. The molecule has 0 radical (unpaired) electrons. The van der Waals surface area contributed by atoms with E-state index in [1.807, 2.05) is 0 Å². The van der Waals surface area contributed by atoms with Crippen molar-refractivity contribution >= 4 is 88.8 Å². The van der Waals surface area contributed by atoms with Gasteiger partial charge in [0, 0.05) is 43.3 Å².